The molecule has 2 amide bonds. The van der Waals surface area contributed by atoms with Crippen molar-refractivity contribution in [2.45, 2.75) is 19.5 Å². The van der Waals surface area contributed by atoms with Crippen molar-refractivity contribution in [2.75, 3.05) is 11.9 Å². The summed E-state index contributed by atoms with van der Waals surface area (Å²) in [7, 11) is 0. The van der Waals surface area contributed by atoms with Gasteiger partial charge in [-0.3, -0.25) is 4.68 Å². The number of anilines is 1. The van der Waals surface area contributed by atoms with Crippen LogP contribution in [0.25, 0.3) is 5.69 Å². The number of urea groups is 1. The predicted molar refractivity (Wildman–Crippen MR) is 125 cm³/mol. The van der Waals surface area contributed by atoms with Gasteiger partial charge in [-0.1, -0.05) is 23.4 Å². The third kappa shape index (κ3) is 4.31. The van der Waals surface area contributed by atoms with E-state index in [1.54, 1.807) is 4.68 Å². The summed E-state index contributed by atoms with van der Waals surface area (Å²) < 4.78 is 4.91. The Balaban J connectivity index is 1.26. The lowest BCUT2D eigenvalue weighted by molar-refractivity contribution is 0.205. The van der Waals surface area contributed by atoms with Crippen molar-refractivity contribution in [1.29, 1.82) is 0 Å². The number of fused-ring (bicyclic) bond motifs is 1. The Morgan fingerprint density at radius 3 is 2.71 bits per heavy atom. The van der Waals surface area contributed by atoms with E-state index in [2.05, 4.69) is 43.3 Å². The zero-order chi connectivity index (χ0) is 21.2. The fourth-order valence-corrected chi connectivity index (χ4v) is 4.03. The van der Waals surface area contributed by atoms with Gasteiger partial charge in [-0.25, -0.2) is 9.48 Å². The van der Waals surface area contributed by atoms with Crippen LogP contribution in [-0.4, -0.2) is 42.3 Å². The van der Waals surface area contributed by atoms with E-state index in [1.165, 1.54) is 3.57 Å². The quantitative estimate of drug-likeness (QED) is 0.412. The lowest BCUT2D eigenvalue weighted by Crippen LogP contribution is -2.39. The zero-order valence-electron chi connectivity index (χ0n) is 16.6. The van der Waals surface area contributed by atoms with Gasteiger partial charge in [0.2, 0.25) is 0 Å². The van der Waals surface area contributed by atoms with Gasteiger partial charge in [0.25, 0.3) is 0 Å². The van der Waals surface area contributed by atoms with E-state index >= 15 is 0 Å². The number of amides is 2. The van der Waals surface area contributed by atoms with Crippen LogP contribution in [-0.2, 0) is 19.5 Å². The van der Waals surface area contributed by atoms with Crippen LogP contribution in [0, 0.1) is 3.57 Å². The summed E-state index contributed by atoms with van der Waals surface area (Å²) in [5, 5.41) is 16.0. The number of benzene rings is 2. The number of rotatable bonds is 4. The molecule has 0 atom stereocenters. The average Bonchev–Trinajstić information content (AvgIpc) is 3.42. The van der Waals surface area contributed by atoms with Crippen LogP contribution in [0.3, 0.4) is 0 Å². The molecule has 1 N–H and O–H groups in total. The second-order valence-electron chi connectivity index (χ2n) is 7.37. The molecule has 8 nitrogen and oxygen atoms in total. The molecule has 5 rings (SSSR count). The van der Waals surface area contributed by atoms with Gasteiger partial charge < -0.3 is 10.2 Å². The highest BCUT2D eigenvalue weighted by molar-refractivity contribution is 14.1. The smallest absolute Gasteiger partial charge is 0.320 e. The second kappa shape index (κ2) is 8.50. The molecule has 0 radical (unpaired) electrons. The molecular weight excluding hydrogens is 505 g/mol. The van der Waals surface area contributed by atoms with Crippen molar-refractivity contribution in [3.63, 3.8) is 0 Å². The highest BCUT2D eigenvalue weighted by Gasteiger charge is 2.24. The maximum absolute atomic E-state index is 12.6. The summed E-state index contributed by atoms with van der Waals surface area (Å²) in [5.41, 5.74) is 4.83. The number of halogens is 1. The van der Waals surface area contributed by atoms with Gasteiger partial charge in [0.15, 0.2) is 0 Å². The summed E-state index contributed by atoms with van der Waals surface area (Å²) >= 11 is 2.28. The second-order valence-corrected chi connectivity index (χ2v) is 8.62. The Labute approximate surface area is 193 Å². The number of hydrogen-bond donors (Lipinski definition) is 1. The Kier molecular flexibility index (Phi) is 5.41. The molecule has 2 aromatic carbocycles. The number of nitrogens with one attached hydrogen (secondary N) is 1. The van der Waals surface area contributed by atoms with Gasteiger partial charge in [0, 0.05) is 33.5 Å². The topological polar surface area (TPSA) is 80.9 Å². The van der Waals surface area contributed by atoms with Gasteiger partial charge in [0.1, 0.15) is 5.69 Å². The van der Waals surface area contributed by atoms with E-state index in [4.69, 9.17) is 0 Å². The molecule has 0 unspecified atom stereocenters. The van der Waals surface area contributed by atoms with Crippen molar-refractivity contribution in [3.05, 3.63) is 87.5 Å². The summed E-state index contributed by atoms with van der Waals surface area (Å²) in [6.07, 6.45) is 4.53. The average molecular weight is 525 g/mol. The molecule has 0 spiro atoms. The lowest BCUT2D eigenvalue weighted by atomic mass is 10.1. The molecule has 1 aliphatic rings. The maximum Gasteiger partial charge on any atom is 0.322 e. The first-order chi connectivity index (χ1) is 15.2. The standard InChI is InChI=1S/C22H20IN7O/c23-17-6-8-20(9-7-17)29-14-19(26-27-29)15-30-21-10-11-28(13-16(21)12-24-30)22(31)25-18-4-2-1-3-5-18/h1-9,12,14H,10-11,13,15H2,(H,25,31). The van der Waals surface area contributed by atoms with Crippen molar-refractivity contribution in [3.8, 4) is 5.69 Å². The van der Waals surface area contributed by atoms with E-state index in [0.29, 0.717) is 19.6 Å². The molecule has 31 heavy (non-hydrogen) atoms. The Hall–Kier alpha value is -3.21. The number of carbonyl (C=O) groups is 1. The Morgan fingerprint density at radius 2 is 1.90 bits per heavy atom. The van der Waals surface area contributed by atoms with Gasteiger partial charge in [-0.2, -0.15) is 5.10 Å². The molecule has 0 fully saturated rings. The molecule has 4 aromatic rings. The number of carbonyl (C=O) groups excluding carboxylic acids is 1. The molecule has 3 heterocycles. The van der Waals surface area contributed by atoms with Crippen LogP contribution < -0.4 is 5.32 Å². The minimum absolute atomic E-state index is 0.0925. The first kappa shape index (κ1) is 19.7. The molecule has 0 saturated carbocycles. The van der Waals surface area contributed by atoms with Crippen LogP contribution in [0.1, 0.15) is 17.0 Å². The van der Waals surface area contributed by atoms with Gasteiger partial charge in [-0.15, -0.1) is 5.10 Å². The summed E-state index contributed by atoms with van der Waals surface area (Å²) in [4.78, 5) is 14.4. The normalized spacial score (nSPS) is 13.1. The minimum atomic E-state index is -0.0925. The summed E-state index contributed by atoms with van der Waals surface area (Å²) in [5.74, 6) is 0. The predicted octanol–water partition coefficient (Wildman–Crippen LogP) is 3.71. The number of para-hydroxylation sites is 1. The first-order valence-electron chi connectivity index (χ1n) is 9.97. The fraction of sp³-hybridized carbons (Fsp3) is 0.182. The molecule has 156 valence electrons. The molecule has 1 aliphatic heterocycles. The SMILES string of the molecule is O=C(Nc1ccccc1)N1CCc2c(cnn2Cc2cn(-c3ccc(I)cc3)nn2)C1. The zero-order valence-corrected chi connectivity index (χ0v) is 18.8. The van der Waals surface area contributed by atoms with Gasteiger partial charge >= 0.3 is 6.03 Å². The van der Waals surface area contributed by atoms with Crippen molar-refractivity contribution in [2.24, 2.45) is 0 Å². The molecule has 0 aliphatic carbocycles. The molecule has 9 heteroatoms. The summed E-state index contributed by atoms with van der Waals surface area (Å²) in [6, 6.07) is 17.5. The highest BCUT2D eigenvalue weighted by atomic mass is 127. The van der Waals surface area contributed by atoms with Crippen LogP contribution >= 0.6 is 22.6 Å². The van der Waals surface area contributed by atoms with E-state index in [9.17, 15) is 4.79 Å². The Morgan fingerprint density at radius 1 is 1.10 bits per heavy atom. The number of aromatic nitrogens is 5. The molecular formula is C22H20IN7O. The monoisotopic (exact) mass is 525 g/mol. The molecule has 2 aromatic heterocycles. The van der Waals surface area contributed by atoms with Crippen LogP contribution in [0.2, 0.25) is 0 Å². The van der Waals surface area contributed by atoms with Gasteiger partial charge in [-0.05, 0) is 59.0 Å². The highest BCUT2D eigenvalue weighted by Crippen LogP contribution is 2.21. The van der Waals surface area contributed by atoms with Crippen molar-refractivity contribution in [1.82, 2.24) is 29.7 Å². The van der Waals surface area contributed by atoms with E-state index < -0.39 is 0 Å². The fourth-order valence-electron chi connectivity index (χ4n) is 3.67. The molecule has 0 bridgehead atoms. The van der Waals surface area contributed by atoms with Crippen molar-refractivity contribution >= 4 is 34.3 Å². The van der Waals surface area contributed by atoms with Crippen molar-refractivity contribution < 1.29 is 4.79 Å². The largest absolute Gasteiger partial charge is 0.322 e. The Bertz CT molecular complexity index is 1200. The molecule has 0 saturated heterocycles. The minimum Gasteiger partial charge on any atom is -0.320 e. The lowest BCUT2D eigenvalue weighted by Gasteiger charge is -2.27. The van der Waals surface area contributed by atoms with E-state index in [-0.39, 0.29) is 6.03 Å². The summed E-state index contributed by atoms with van der Waals surface area (Å²) in [6.45, 7) is 1.74. The van der Waals surface area contributed by atoms with E-state index in [1.807, 2.05) is 76.6 Å². The van der Waals surface area contributed by atoms with E-state index in [0.717, 1.165) is 34.7 Å². The van der Waals surface area contributed by atoms with Crippen LogP contribution in [0.5, 0.6) is 0 Å². The third-order valence-corrected chi connectivity index (χ3v) is 5.99. The van der Waals surface area contributed by atoms with Crippen LogP contribution in [0.4, 0.5) is 10.5 Å². The van der Waals surface area contributed by atoms with Crippen LogP contribution in [0.15, 0.2) is 67.0 Å². The number of hydrogen-bond acceptors (Lipinski definition) is 4. The maximum atomic E-state index is 12.6. The van der Waals surface area contributed by atoms with Gasteiger partial charge in [0.05, 0.1) is 31.2 Å². The number of nitrogens with zero attached hydrogens (tertiary/aromatic N) is 6. The first-order valence-corrected chi connectivity index (χ1v) is 11.1. The third-order valence-electron chi connectivity index (χ3n) is 5.27.